The van der Waals surface area contributed by atoms with Crippen molar-refractivity contribution < 1.29 is 19.4 Å². The molecule has 1 amide bonds. The van der Waals surface area contributed by atoms with Crippen LogP contribution >= 0.6 is 24.8 Å². The van der Waals surface area contributed by atoms with E-state index in [-0.39, 0.29) is 54.5 Å². The Bertz CT molecular complexity index is 1260. The number of rotatable bonds is 9. The van der Waals surface area contributed by atoms with Crippen LogP contribution in [0.4, 0.5) is 5.69 Å². The summed E-state index contributed by atoms with van der Waals surface area (Å²) in [5.41, 5.74) is 2.63. The third-order valence-corrected chi connectivity index (χ3v) is 7.09. The van der Waals surface area contributed by atoms with Crippen molar-refractivity contribution in [1.29, 1.82) is 0 Å². The largest absolute Gasteiger partial charge is 0.508 e. The minimum Gasteiger partial charge on any atom is -0.508 e. The molecule has 1 heterocycles. The topological polar surface area (TPSA) is 74.3 Å². The SMILES string of the molecule is COc1cc(Oc2cccc(C)c2)ccc1C(=O)N[C@H](CN1CCN(c2cccc(O)c2)[C@@H](C)C1)C(C)C.Cl.Cl. The van der Waals surface area contributed by atoms with E-state index in [0.717, 1.165) is 43.2 Å². The molecule has 9 heteroatoms. The van der Waals surface area contributed by atoms with Crippen LogP contribution in [0.2, 0.25) is 0 Å². The predicted molar refractivity (Wildman–Crippen MR) is 166 cm³/mol. The Morgan fingerprint density at radius 2 is 1.75 bits per heavy atom. The Hall–Kier alpha value is -3.13. The van der Waals surface area contributed by atoms with Gasteiger partial charge in [0.05, 0.1) is 12.7 Å². The normalized spacial score (nSPS) is 15.9. The smallest absolute Gasteiger partial charge is 0.255 e. The summed E-state index contributed by atoms with van der Waals surface area (Å²) in [7, 11) is 1.57. The second-order valence-electron chi connectivity index (χ2n) is 10.4. The minimum atomic E-state index is -0.158. The Morgan fingerprint density at radius 1 is 1.02 bits per heavy atom. The Labute approximate surface area is 250 Å². The number of ether oxygens (including phenoxy) is 2. The number of phenols is 1. The molecule has 0 radical (unpaired) electrons. The molecule has 3 aromatic carbocycles. The van der Waals surface area contributed by atoms with Crippen molar-refractivity contribution in [3.05, 3.63) is 77.9 Å². The lowest BCUT2D eigenvalue weighted by Gasteiger charge is -2.42. The van der Waals surface area contributed by atoms with E-state index < -0.39 is 0 Å². The van der Waals surface area contributed by atoms with Gasteiger partial charge in [-0.15, -0.1) is 24.8 Å². The quantitative estimate of drug-likeness (QED) is 0.304. The van der Waals surface area contributed by atoms with E-state index in [1.54, 1.807) is 31.4 Å². The van der Waals surface area contributed by atoms with Gasteiger partial charge in [-0.05, 0) is 61.7 Å². The zero-order valence-electron chi connectivity index (χ0n) is 23.8. The molecule has 0 bridgehead atoms. The number of nitrogens with one attached hydrogen (secondary N) is 1. The van der Waals surface area contributed by atoms with Crippen LogP contribution in [0.3, 0.4) is 0 Å². The van der Waals surface area contributed by atoms with Crippen LogP contribution in [0.5, 0.6) is 23.0 Å². The standard InChI is InChI=1S/C31H39N3O4.2ClH/c1-21(2)29(20-33-14-15-34(23(4)19-33)24-9-7-10-25(35)17-24)32-31(36)28-13-12-27(18-30(28)37-5)38-26-11-6-8-22(3)16-26;;/h6-13,16-18,21,23,29,35H,14-15,19-20H2,1-5H3,(H,32,36);2*1H/t23-,29+;;/m0../s1. The van der Waals surface area contributed by atoms with Crippen LogP contribution in [0.1, 0.15) is 36.7 Å². The molecule has 0 saturated carbocycles. The molecule has 0 aliphatic carbocycles. The zero-order chi connectivity index (χ0) is 27.2. The summed E-state index contributed by atoms with van der Waals surface area (Å²) >= 11 is 0. The van der Waals surface area contributed by atoms with Crippen LogP contribution in [-0.2, 0) is 0 Å². The number of methoxy groups -OCH3 is 1. The van der Waals surface area contributed by atoms with E-state index in [4.69, 9.17) is 9.47 Å². The number of aromatic hydroxyl groups is 1. The summed E-state index contributed by atoms with van der Waals surface area (Å²) in [6.07, 6.45) is 0. The maximum absolute atomic E-state index is 13.3. The average Bonchev–Trinajstić information content (AvgIpc) is 2.88. The molecule has 1 aliphatic heterocycles. The fourth-order valence-electron chi connectivity index (χ4n) is 4.94. The highest BCUT2D eigenvalue weighted by Crippen LogP contribution is 2.29. The number of hydrogen-bond donors (Lipinski definition) is 2. The van der Waals surface area contributed by atoms with Gasteiger partial charge in [-0.1, -0.05) is 32.0 Å². The fourth-order valence-corrected chi connectivity index (χ4v) is 4.94. The number of piperazine rings is 1. The maximum Gasteiger partial charge on any atom is 0.255 e. The summed E-state index contributed by atoms with van der Waals surface area (Å²) in [6, 6.07) is 20.8. The van der Waals surface area contributed by atoms with Crippen molar-refractivity contribution in [2.45, 2.75) is 39.8 Å². The molecule has 7 nitrogen and oxygen atoms in total. The van der Waals surface area contributed by atoms with Crippen molar-refractivity contribution in [3.63, 3.8) is 0 Å². The molecule has 2 N–H and O–H groups in total. The molecule has 0 aromatic heterocycles. The molecular formula is C31H41Cl2N3O4. The highest BCUT2D eigenvalue weighted by molar-refractivity contribution is 5.97. The average molecular weight is 591 g/mol. The third-order valence-electron chi connectivity index (χ3n) is 7.09. The van der Waals surface area contributed by atoms with E-state index in [0.29, 0.717) is 17.1 Å². The van der Waals surface area contributed by atoms with E-state index in [1.807, 2.05) is 49.4 Å². The number of phenolic OH excluding ortho intramolecular Hbond substituents is 1. The van der Waals surface area contributed by atoms with Crippen molar-refractivity contribution in [2.24, 2.45) is 5.92 Å². The van der Waals surface area contributed by atoms with Gasteiger partial charge in [-0.2, -0.15) is 0 Å². The molecule has 40 heavy (non-hydrogen) atoms. The number of carbonyl (C=O) groups is 1. The van der Waals surface area contributed by atoms with E-state index in [1.165, 1.54) is 0 Å². The summed E-state index contributed by atoms with van der Waals surface area (Å²) in [5, 5.41) is 13.1. The number of hydrogen-bond acceptors (Lipinski definition) is 6. The van der Waals surface area contributed by atoms with E-state index in [9.17, 15) is 9.90 Å². The number of anilines is 1. The van der Waals surface area contributed by atoms with Crippen molar-refractivity contribution in [3.8, 4) is 23.0 Å². The molecule has 3 aromatic rings. The predicted octanol–water partition coefficient (Wildman–Crippen LogP) is 6.31. The van der Waals surface area contributed by atoms with Crippen LogP contribution in [0.25, 0.3) is 0 Å². The lowest BCUT2D eigenvalue weighted by molar-refractivity contribution is 0.0900. The second-order valence-corrected chi connectivity index (χ2v) is 10.4. The maximum atomic E-state index is 13.3. The van der Waals surface area contributed by atoms with Gasteiger partial charge in [0.15, 0.2) is 0 Å². The molecule has 1 aliphatic rings. The van der Waals surface area contributed by atoms with Gasteiger partial charge >= 0.3 is 0 Å². The molecule has 1 fully saturated rings. The van der Waals surface area contributed by atoms with E-state index >= 15 is 0 Å². The monoisotopic (exact) mass is 589 g/mol. The van der Waals surface area contributed by atoms with Gasteiger partial charge in [-0.25, -0.2) is 0 Å². The first-order valence-electron chi connectivity index (χ1n) is 13.2. The van der Waals surface area contributed by atoms with E-state index in [2.05, 4.69) is 35.9 Å². The Kier molecular flexibility index (Phi) is 12.4. The molecule has 2 atom stereocenters. The minimum absolute atomic E-state index is 0. The molecule has 4 rings (SSSR count). The highest BCUT2D eigenvalue weighted by Gasteiger charge is 2.28. The summed E-state index contributed by atoms with van der Waals surface area (Å²) < 4.78 is 11.5. The Balaban J connectivity index is 0.00000280. The number of benzene rings is 3. The van der Waals surface area contributed by atoms with Gasteiger partial charge in [0.1, 0.15) is 23.0 Å². The van der Waals surface area contributed by atoms with Gasteiger partial charge in [-0.3, -0.25) is 9.69 Å². The van der Waals surface area contributed by atoms with Gasteiger partial charge < -0.3 is 24.8 Å². The van der Waals surface area contributed by atoms with Gasteiger partial charge in [0, 0.05) is 56.1 Å². The van der Waals surface area contributed by atoms with Gasteiger partial charge in [0.25, 0.3) is 5.91 Å². The lowest BCUT2D eigenvalue weighted by atomic mass is 10.0. The number of amides is 1. The van der Waals surface area contributed by atoms with Crippen LogP contribution in [0, 0.1) is 12.8 Å². The van der Waals surface area contributed by atoms with Crippen LogP contribution in [0.15, 0.2) is 66.7 Å². The first-order valence-corrected chi connectivity index (χ1v) is 13.2. The van der Waals surface area contributed by atoms with Gasteiger partial charge in [0.2, 0.25) is 0 Å². The first-order chi connectivity index (χ1) is 18.2. The molecule has 1 saturated heterocycles. The molecule has 0 spiro atoms. The lowest BCUT2D eigenvalue weighted by Crippen LogP contribution is -2.56. The summed E-state index contributed by atoms with van der Waals surface area (Å²) in [5.74, 6) is 2.21. The van der Waals surface area contributed by atoms with Crippen LogP contribution in [-0.4, -0.2) is 61.3 Å². The van der Waals surface area contributed by atoms with Crippen molar-refractivity contribution in [1.82, 2.24) is 10.2 Å². The highest BCUT2D eigenvalue weighted by atomic mass is 35.5. The summed E-state index contributed by atoms with van der Waals surface area (Å²) in [4.78, 5) is 18.1. The molecular weight excluding hydrogens is 549 g/mol. The fraction of sp³-hybridized carbons (Fsp3) is 0.387. The number of nitrogens with zero attached hydrogens (tertiary/aromatic N) is 2. The number of halogens is 2. The number of aryl methyl sites for hydroxylation is 1. The zero-order valence-corrected chi connectivity index (χ0v) is 25.4. The van der Waals surface area contributed by atoms with Crippen molar-refractivity contribution in [2.75, 3.05) is 38.2 Å². The third kappa shape index (κ3) is 8.43. The molecule has 218 valence electrons. The summed E-state index contributed by atoms with van der Waals surface area (Å²) in [6.45, 7) is 11.9. The van der Waals surface area contributed by atoms with Crippen molar-refractivity contribution >= 4 is 36.4 Å². The van der Waals surface area contributed by atoms with Crippen LogP contribution < -0.4 is 19.7 Å². The second kappa shape index (κ2) is 15.0. The Morgan fingerprint density at radius 3 is 2.40 bits per heavy atom. The number of carbonyl (C=O) groups excluding carboxylic acids is 1. The molecule has 0 unspecified atom stereocenters. The first kappa shape index (κ1) is 33.1.